The third kappa shape index (κ3) is 89.3. The van der Waals surface area contributed by atoms with Crippen molar-refractivity contribution in [2.75, 3.05) is 47.5 Å². The van der Waals surface area contributed by atoms with E-state index >= 15 is 0 Å². The zero-order chi connectivity index (χ0) is 76.8. The van der Waals surface area contributed by atoms with Crippen LogP contribution in [0.3, 0.4) is 0 Å². The second kappa shape index (κ2) is 85.4. The Hall–Kier alpha value is -3.59. The van der Waals surface area contributed by atoms with Gasteiger partial charge in [-0.1, -0.05) is 424 Å². The fraction of sp³-hybridized carbons (Fsp3) is 0.771. The Labute approximate surface area is 658 Å². The third-order valence-electron chi connectivity index (χ3n) is 20.0. The molecule has 0 aromatic heterocycles. The number of ether oxygens (including phenoxy) is 2. The van der Waals surface area contributed by atoms with Crippen LogP contribution in [0, 0.1) is 0 Å². The molecule has 0 heterocycles. The first-order valence-corrected chi connectivity index (χ1v) is 46.7. The van der Waals surface area contributed by atoms with E-state index in [0.29, 0.717) is 17.4 Å². The molecule has 0 spiro atoms. The van der Waals surface area contributed by atoms with Crippen molar-refractivity contribution in [3.05, 3.63) is 122 Å². The van der Waals surface area contributed by atoms with E-state index in [4.69, 9.17) is 18.5 Å². The number of likely N-dealkylation sites (N-methyl/N-ethyl adjacent to an activating group) is 1. The van der Waals surface area contributed by atoms with E-state index in [9.17, 15) is 19.0 Å². The average molecular weight is 1500 g/mol. The van der Waals surface area contributed by atoms with Crippen molar-refractivity contribution in [2.24, 2.45) is 0 Å². The fourth-order valence-electron chi connectivity index (χ4n) is 13.1. The predicted octanol–water partition coefficient (Wildman–Crippen LogP) is 30.2. The van der Waals surface area contributed by atoms with Crippen LogP contribution in [-0.4, -0.2) is 70.0 Å². The summed E-state index contributed by atoms with van der Waals surface area (Å²) < 4.78 is 34.5. The van der Waals surface area contributed by atoms with Crippen molar-refractivity contribution in [1.82, 2.24) is 0 Å². The molecule has 0 saturated carbocycles. The quantitative estimate of drug-likeness (QED) is 0.0195. The molecule has 0 aromatic rings. The van der Waals surface area contributed by atoms with Crippen molar-refractivity contribution >= 4 is 19.8 Å². The molecule has 614 valence electrons. The number of quaternary nitrogens is 1. The van der Waals surface area contributed by atoms with E-state index in [2.05, 4.69) is 135 Å². The van der Waals surface area contributed by atoms with E-state index in [-0.39, 0.29) is 32.0 Å². The number of nitrogens with zero attached hydrogens (tertiary/aromatic N) is 1. The van der Waals surface area contributed by atoms with Crippen LogP contribution in [-0.2, 0) is 32.7 Å². The van der Waals surface area contributed by atoms with Gasteiger partial charge in [0.15, 0.2) is 6.10 Å². The maximum absolute atomic E-state index is 12.9. The molecule has 0 N–H and O–H groups in total. The second-order valence-corrected chi connectivity index (χ2v) is 33.0. The first kappa shape index (κ1) is 102. The van der Waals surface area contributed by atoms with Gasteiger partial charge in [0.1, 0.15) is 19.8 Å². The summed E-state index contributed by atoms with van der Waals surface area (Å²) in [6.45, 7) is 4.17. The number of unbranched alkanes of at least 4 members (excludes halogenated alkanes) is 50. The van der Waals surface area contributed by atoms with Gasteiger partial charge in [-0.05, 0) is 109 Å². The molecule has 0 aliphatic heterocycles. The van der Waals surface area contributed by atoms with Crippen molar-refractivity contribution in [3.63, 3.8) is 0 Å². The van der Waals surface area contributed by atoms with Gasteiger partial charge in [0, 0.05) is 12.8 Å². The van der Waals surface area contributed by atoms with E-state index in [1.54, 1.807) is 0 Å². The van der Waals surface area contributed by atoms with Crippen LogP contribution in [0.1, 0.15) is 425 Å². The molecule has 0 amide bonds. The zero-order valence-corrected chi connectivity index (χ0v) is 71.3. The summed E-state index contributed by atoms with van der Waals surface area (Å²) in [4.78, 5) is 38.3. The molecule has 0 fully saturated rings. The largest absolute Gasteiger partial charge is 0.756 e. The Balaban J connectivity index is 3.89. The van der Waals surface area contributed by atoms with Crippen LogP contribution in [0.4, 0.5) is 0 Å². The Morgan fingerprint density at radius 2 is 0.538 bits per heavy atom. The molecule has 0 aliphatic carbocycles. The van der Waals surface area contributed by atoms with Gasteiger partial charge in [-0.25, -0.2) is 0 Å². The number of carbonyl (C=O) groups is 2. The van der Waals surface area contributed by atoms with Crippen molar-refractivity contribution in [2.45, 2.75) is 431 Å². The van der Waals surface area contributed by atoms with Crippen molar-refractivity contribution in [3.8, 4) is 0 Å². The van der Waals surface area contributed by atoms with E-state index in [1.807, 2.05) is 21.1 Å². The van der Waals surface area contributed by atoms with Gasteiger partial charge in [-0.3, -0.25) is 14.2 Å². The Bertz CT molecular complexity index is 2210. The summed E-state index contributed by atoms with van der Waals surface area (Å²) in [5.41, 5.74) is 0. The number of hydrogen-bond acceptors (Lipinski definition) is 8. The second-order valence-electron chi connectivity index (χ2n) is 31.6. The van der Waals surface area contributed by atoms with Gasteiger partial charge in [0.25, 0.3) is 7.82 Å². The van der Waals surface area contributed by atoms with Crippen LogP contribution in [0.25, 0.3) is 0 Å². The molecule has 2 unspecified atom stereocenters. The lowest BCUT2D eigenvalue weighted by molar-refractivity contribution is -0.870. The van der Waals surface area contributed by atoms with E-state index in [0.717, 1.165) is 96.3 Å². The summed E-state index contributed by atoms with van der Waals surface area (Å²) in [5, 5.41) is 0. The Morgan fingerprint density at radius 3 is 0.802 bits per heavy atom. The smallest absolute Gasteiger partial charge is 0.306 e. The summed E-state index contributed by atoms with van der Waals surface area (Å²) in [6.07, 6.45) is 124. The highest BCUT2D eigenvalue weighted by Gasteiger charge is 2.22. The lowest BCUT2D eigenvalue weighted by Gasteiger charge is -2.28. The van der Waals surface area contributed by atoms with Gasteiger partial charge in [-0.2, -0.15) is 0 Å². The molecule has 0 aliphatic rings. The number of hydrogen-bond donors (Lipinski definition) is 0. The first-order valence-electron chi connectivity index (χ1n) is 45.2. The van der Waals surface area contributed by atoms with Crippen LogP contribution in [0.2, 0.25) is 0 Å². The van der Waals surface area contributed by atoms with Gasteiger partial charge >= 0.3 is 11.9 Å². The lowest BCUT2D eigenvalue weighted by atomic mass is 10.0. The zero-order valence-electron chi connectivity index (χ0n) is 70.4. The van der Waals surface area contributed by atoms with Crippen molar-refractivity contribution in [1.29, 1.82) is 0 Å². The molecule has 0 bridgehead atoms. The van der Waals surface area contributed by atoms with E-state index < -0.39 is 26.5 Å². The maximum atomic E-state index is 12.9. The van der Waals surface area contributed by atoms with Gasteiger partial charge in [0.05, 0.1) is 27.7 Å². The Kier molecular flexibility index (Phi) is 82.5. The third-order valence-corrected chi connectivity index (χ3v) is 20.9. The first-order chi connectivity index (χ1) is 52.0. The highest BCUT2D eigenvalue weighted by atomic mass is 31.2. The van der Waals surface area contributed by atoms with Crippen LogP contribution in [0.15, 0.2) is 122 Å². The number of allylic oxidation sites excluding steroid dienone is 20. The SMILES string of the molecule is CC/C=C\C/C=C\C/C=C\C/C=C\C/C=C\C/C=C\C/C=C\C/C=C\CCCCCCCCCCCCCCCCCCC(=O)OC(COC(=O)CCCCCCCCCCCCCCCCCCCCCCCCCCCCCCC/C=C\C/C=C\CCCCCCC)COP(=O)([O-])OCC[N+](C)(C)C. The number of rotatable bonds is 84. The number of esters is 2. The highest BCUT2D eigenvalue weighted by Crippen LogP contribution is 2.38. The maximum Gasteiger partial charge on any atom is 0.306 e. The molecular formula is C96H172NO8P. The minimum absolute atomic E-state index is 0.0317. The topological polar surface area (TPSA) is 111 Å². The molecule has 0 saturated heterocycles. The molecular weight excluding hydrogens is 1330 g/mol. The normalized spacial score (nSPS) is 13.5. The molecule has 9 nitrogen and oxygen atoms in total. The summed E-state index contributed by atoms with van der Waals surface area (Å²) in [6, 6.07) is 0. The molecule has 106 heavy (non-hydrogen) atoms. The monoisotopic (exact) mass is 1500 g/mol. The number of phosphoric acid groups is 1. The van der Waals surface area contributed by atoms with Gasteiger partial charge < -0.3 is 27.9 Å². The summed E-state index contributed by atoms with van der Waals surface area (Å²) in [5.74, 6) is -0.816. The van der Waals surface area contributed by atoms with Crippen molar-refractivity contribution < 1.29 is 42.1 Å². The average Bonchev–Trinajstić information content (AvgIpc) is 0.908. The van der Waals surface area contributed by atoms with Crippen LogP contribution in [0.5, 0.6) is 0 Å². The highest BCUT2D eigenvalue weighted by molar-refractivity contribution is 7.45. The fourth-order valence-corrected chi connectivity index (χ4v) is 13.9. The molecule has 2 atom stereocenters. The number of carbonyl (C=O) groups excluding carboxylic acids is 2. The van der Waals surface area contributed by atoms with Crippen LogP contribution < -0.4 is 4.89 Å². The Morgan fingerprint density at radius 1 is 0.302 bits per heavy atom. The van der Waals surface area contributed by atoms with Crippen LogP contribution >= 0.6 is 7.82 Å². The summed E-state index contributed by atoms with van der Waals surface area (Å²) in [7, 11) is 1.18. The molecule has 0 radical (unpaired) electrons. The minimum atomic E-state index is -4.65. The molecule has 0 rings (SSSR count). The summed E-state index contributed by atoms with van der Waals surface area (Å²) >= 11 is 0. The predicted molar refractivity (Wildman–Crippen MR) is 461 cm³/mol. The molecule has 10 heteroatoms. The van der Waals surface area contributed by atoms with Gasteiger partial charge in [0.2, 0.25) is 0 Å². The molecule has 0 aromatic carbocycles. The van der Waals surface area contributed by atoms with Gasteiger partial charge in [-0.15, -0.1) is 0 Å². The standard InChI is InChI=1S/C96H172NO8P/c1-6-8-10-12-14-16-18-20-22-24-26-28-30-32-34-36-38-40-42-44-46-48-50-52-54-56-58-60-62-64-66-68-70-72-74-76-78-80-82-84-86-88-95(98)102-92-94(93-104-106(100,101)103-91-90-97(3,4)5)105-96(99)89-87-85-83-81-79-77-75-73-71-69-67-65-63-61-59-57-55-53-51-49-47-45-43-41-39-37-35-33-31-29-27-25-23-21-19-17-15-13-11-9-7-2/h9,11,15,17-18,20-21,23-24,26-27,29,33,35,39,41,45,47,51,53,94H,6-8,10,12-14,16,19,22,25,28,30-32,34,36-38,40,42-44,46,48-50,52,54-93H2,1-5H3/b11-9-,17-15-,20-18-,23-21-,26-24-,29-27-,35-33-,41-39-,47-45-,53-51-. The van der Waals surface area contributed by atoms with E-state index in [1.165, 1.54) is 295 Å². The number of phosphoric ester groups is 1. The lowest BCUT2D eigenvalue weighted by Crippen LogP contribution is -2.37. The minimum Gasteiger partial charge on any atom is -0.756 e.